The first-order valence-corrected chi connectivity index (χ1v) is 17.4. The van der Waals surface area contributed by atoms with Crippen molar-refractivity contribution < 1.29 is 66.8 Å². The lowest BCUT2D eigenvalue weighted by atomic mass is 10.1. The van der Waals surface area contributed by atoms with Crippen molar-refractivity contribution in [3.05, 3.63) is 21.8 Å². The largest absolute Gasteiger partial charge is 0.464 e. The van der Waals surface area contributed by atoms with Crippen LogP contribution in [0.25, 0.3) is 0 Å². The van der Waals surface area contributed by atoms with Crippen molar-refractivity contribution in [1.82, 2.24) is 10.6 Å². The van der Waals surface area contributed by atoms with E-state index in [0.717, 1.165) is 27.7 Å². The minimum Gasteiger partial charge on any atom is -0.464 e. The number of ether oxygens (including phenoxy) is 6. The average molecular weight is 1030 g/mol. The molecule has 0 saturated carbocycles. The normalized spacial score (nSPS) is 11.7. The molecular formula is C29H36I3N3O14. The van der Waals surface area contributed by atoms with Crippen molar-refractivity contribution in [2.75, 3.05) is 58.1 Å². The monoisotopic (exact) mass is 1030 g/mol. The number of hydrogen-bond donors (Lipinski definition) is 2. The number of hydrogen-bond acceptors (Lipinski definition) is 14. The van der Waals surface area contributed by atoms with Gasteiger partial charge < -0.3 is 44.0 Å². The van der Waals surface area contributed by atoms with Crippen LogP contribution in [0.5, 0.6) is 0 Å². The van der Waals surface area contributed by atoms with Gasteiger partial charge in [-0.05, 0) is 67.8 Å². The predicted molar refractivity (Wildman–Crippen MR) is 194 cm³/mol. The van der Waals surface area contributed by atoms with Crippen molar-refractivity contribution in [2.24, 2.45) is 0 Å². The number of carbonyl (C=O) groups excluding carboxylic acids is 8. The first-order chi connectivity index (χ1) is 22.9. The highest BCUT2D eigenvalue weighted by molar-refractivity contribution is 14.1. The van der Waals surface area contributed by atoms with Crippen LogP contribution < -0.4 is 15.5 Å². The maximum atomic E-state index is 13.8. The van der Waals surface area contributed by atoms with Gasteiger partial charge in [-0.15, -0.1) is 0 Å². The van der Waals surface area contributed by atoms with Crippen LogP contribution in [0.15, 0.2) is 0 Å². The first kappa shape index (κ1) is 44.2. The summed E-state index contributed by atoms with van der Waals surface area (Å²) in [4.78, 5) is 99.6. The van der Waals surface area contributed by atoms with Gasteiger partial charge in [0.05, 0.1) is 43.6 Å². The van der Waals surface area contributed by atoms with E-state index in [4.69, 9.17) is 28.4 Å². The Morgan fingerprint density at radius 3 is 1.39 bits per heavy atom. The number of nitrogens with one attached hydrogen (secondary N) is 2. The fraction of sp³-hybridized carbons (Fsp3) is 0.517. The second-order valence-electron chi connectivity index (χ2n) is 9.85. The van der Waals surface area contributed by atoms with E-state index in [1.807, 2.05) is 45.2 Å². The van der Waals surface area contributed by atoms with E-state index in [1.165, 1.54) is 18.9 Å². The molecule has 0 aliphatic heterocycles. The SMILES string of the molecule is COCC(=O)N(CCOC(C)=O)c1c(I)c(C(=O)NCC(COC(C)=O)OC(C)=O)c(I)c(C(=O)NCC(COC(C)=O)OC(C)=O)c1I. The van der Waals surface area contributed by atoms with Crippen molar-refractivity contribution in [1.29, 1.82) is 0 Å². The van der Waals surface area contributed by atoms with E-state index in [2.05, 4.69) is 10.6 Å². The molecule has 17 nitrogen and oxygen atoms in total. The second-order valence-corrected chi connectivity index (χ2v) is 13.1. The zero-order chi connectivity index (χ0) is 37.4. The Balaban J connectivity index is 3.78. The smallest absolute Gasteiger partial charge is 0.303 e. The Labute approximate surface area is 322 Å². The fourth-order valence-electron chi connectivity index (χ4n) is 3.88. The summed E-state index contributed by atoms with van der Waals surface area (Å²) in [5.41, 5.74) is 0.0315. The molecule has 20 heteroatoms. The lowest BCUT2D eigenvalue weighted by Gasteiger charge is -2.28. The highest BCUT2D eigenvalue weighted by atomic mass is 127. The van der Waals surface area contributed by atoms with E-state index in [0.29, 0.717) is 0 Å². The number of benzene rings is 1. The van der Waals surface area contributed by atoms with Gasteiger partial charge >= 0.3 is 29.8 Å². The van der Waals surface area contributed by atoms with Crippen LogP contribution in [0, 0.1) is 10.7 Å². The summed E-state index contributed by atoms with van der Waals surface area (Å²) in [6, 6.07) is 0. The van der Waals surface area contributed by atoms with Gasteiger partial charge in [-0.2, -0.15) is 0 Å². The average Bonchev–Trinajstić information content (AvgIpc) is 2.98. The number of carbonyl (C=O) groups is 8. The summed E-state index contributed by atoms with van der Waals surface area (Å²) in [5, 5.41) is 5.24. The topological polar surface area (TPSA) is 219 Å². The molecule has 3 amide bonds. The van der Waals surface area contributed by atoms with Gasteiger partial charge in [0.15, 0.2) is 12.2 Å². The lowest BCUT2D eigenvalue weighted by molar-refractivity contribution is -0.155. The highest BCUT2D eigenvalue weighted by Crippen LogP contribution is 2.38. The van der Waals surface area contributed by atoms with Gasteiger partial charge in [0, 0.05) is 45.3 Å². The Kier molecular flexibility index (Phi) is 19.9. The highest BCUT2D eigenvalue weighted by Gasteiger charge is 2.33. The molecule has 0 aromatic heterocycles. The summed E-state index contributed by atoms with van der Waals surface area (Å²) in [5.74, 6) is -5.32. The minimum absolute atomic E-state index is 0.0463. The molecular weight excluding hydrogens is 995 g/mol. The number of amides is 3. The molecule has 272 valence electrons. The number of halogens is 3. The fourth-order valence-corrected chi connectivity index (χ4v) is 8.61. The quantitative estimate of drug-likeness (QED) is 0.121. The lowest BCUT2D eigenvalue weighted by Crippen LogP contribution is -2.41. The third kappa shape index (κ3) is 15.3. The van der Waals surface area contributed by atoms with Crippen LogP contribution in [-0.4, -0.2) is 113 Å². The number of methoxy groups -OCH3 is 1. The van der Waals surface area contributed by atoms with Crippen molar-refractivity contribution in [3.8, 4) is 0 Å². The maximum Gasteiger partial charge on any atom is 0.303 e. The standard InChI is InChI=1S/C29H36I3N3O14/c1-14(36)45-8-7-35(21(41)13-44-6)27-25(31)22(28(42)33-9-19(48-17(4)39)11-46-15(2)37)24(30)23(26(27)32)29(43)34-10-20(49-18(5)40)12-47-16(3)38/h19-20H,7-13H2,1-6H3,(H,33,42)(H,34,43). The molecule has 0 heterocycles. The molecule has 1 aromatic rings. The molecule has 0 saturated heterocycles. The Hall–Kier alpha value is -2.87. The van der Waals surface area contributed by atoms with Gasteiger partial charge in [0.2, 0.25) is 0 Å². The number of rotatable bonds is 18. The molecule has 49 heavy (non-hydrogen) atoms. The summed E-state index contributed by atoms with van der Waals surface area (Å²) in [6.45, 7) is 3.72. The van der Waals surface area contributed by atoms with Crippen molar-refractivity contribution in [3.63, 3.8) is 0 Å². The summed E-state index contributed by atoms with van der Waals surface area (Å²) in [6.07, 6.45) is -2.10. The zero-order valence-corrected chi connectivity index (χ0v) is 33.9. The van der Waals surface area contributed by atoms with Crippen LogP contribution in [-0.2, 0) is 57.2 Å². The molecule has 0 fully saturated rings. The van der Waals surface area contributed by atoms with Gasteiger partial charge in [-0.3, -0.25) is 38.4 Å². The van der Waals surface area contributed by atoms with Crippen molar-refractivity contribution >= 4 is 121 Å². The first-order valence-electron chi connectivity index (χ1n) is 14.2. The molecule has 0 aliphatic carbocycles. The van der Waals surface area contributed by atoms with Crippen LogP contribution in [0.3, 0.4) is 0 Å². The van der Waals surface area contributed by atoms with Crippen LogP contribution in [0.1, 0.15) is 55.3 Å². The number of anilines is 1. The summed E-state index contributed by atoms with van der Waals surface area (Å²) >= 11 is 5.50. The Morgan fingerprint density at radius 1 is 0.633 bits per heavy atom. The number of nitrogens with zero attached hydrogens (tertiary/aromatic N) is 1. The van der Waals surface area contributed by atoms with Crippen LogP contribution >= 0.6 is 67.8 Å². The Morgan fingerprint density at radius 2 is 1.04 bits per heavy atom. The van der Waals surface area contributed by atoms with Crippen molar-refractivity contribution in [2.45, 2.75) is 46.8 Å². The number of esters is 5. The van der Waals surface area contributed by atoms with Crippen LogP contribution in [0.4, 0.5) is 5.69 Å². The molecule has 0 spiro atoms. The molecule has 2 atom stereocenters. The van der Waals surface area contributed by atoms with Gasteiger partial charge in [-0.1, -0.05) is 0 Å². The van der Waals surface area contributed by atoms with Crippen LogP contribution in [0.2, 0.25) is 0 Å². The molecule has 2 N–H and O–H groups in total. The molecule has 1 rings (SSSR count). The van der Waals surface area contributed by atoms with E-state index in [-0.39, 0.29) is 67.0 Å². The maximum absolute atomic E-state index is 13.8. The van der Waals surface area contributed by atoms with E-state index in [1.54, 1.807) is 22.6 Å². The van der Waals surface area contributed by atoms with E-state index >= 15 is 0 Å². The second kappa shape index (κ2) is 22.1. The summed E-state index contributed by atoms with van der Waals surface area (Å²) < 4.78 is 30.9. The summed E-state index contributed by atoms with van der Waals surface area (Å²) in [7, 11) is 1.30. The molecule has 0 aliphatic rings. The van der Waals surface area contributed by atoms with Gasteiger partial charge in [0.1, 0.15) is 26.4 Å². The molecule has 2 unspecified atom stereocenters. The molecule has 1 aromatic carbocycles. The predicted octanol–water partition coefficient (Wildman–Crippen LogP) is 1.49. The Bertz CT molecular complexity index is 1360. The van der Waals surface area contributed by atoms with E-state index in [9.17, 15) is 38.4 Å². The third-order valence-electron chi connectivity index (χ3n) is 5.80. The zero-order valence-electron chi connectivity index (χ0n) is 27.4. The van der Waals surface area contributed by atoms with E-state index < -0.39 is 66.4 Å². The van der Waals surface area contributed by atoms with Gasteiger partial charge in [0.25, 0.3) is 17.7 Å². The third-order valence-corrected chi connectivity index (χ3v) is 8.98. The minimum atomic E-state index is -1.05. The molecule has 0 bridgehead atoms. The van der Waals surface area contributed by atoms with Gasteiger partial charge in [-0.25, -0.2) is 0 Å². The molecule has 0 radical (unpaired) electrons.